The van der Waals surface area contributed by atoms with Crippen LogP contribution in [-0.4, -0.2) is 25.7 Å². The van der Waals surface area contributed by atoms with E-state index in [9.17, 15) is 4.79 Å². The van der Waals surface area contributed by atoms with Gasteiger partial charge in [-0.3, -0.25) is 4.79 Å². The summed E-state index contributed by atoms with van der Waals surface area (Å²) in [4.78, 5) is 10.9. The summed E-state index contributed by atoms with van der Waals surface area (Å²) in [6, 6.07) is 0. The Balaban J connectivity index is 3.14. The predicted molar refractivity (Wildman–Crippen MR) is 52.2 cm³/mol. The predicted octanol–water partition coefficient (Wildman–Crippen LogP) is 0.943. The van der Waals surface area contributed by atoms with Gasteiger partial charge in [-0.15, -0.1) is 5.92 Å². The van der Waals surface area contributed by atoms with Gasteiger partial charge in [-0.1, -0.05) is 5.92 Å². The second kappa shape index (κ2) is 9.08. The Morgan fingerprint density at radius 3 is 2.92 bits per heavy atom. The Hall–Kier alpha value is -1.01. The third-order valence-corrected chi connectivity index (χ3v) is 1.43. The van der Waals surface area contributed by atoms with Crippen molar-refractivity contribution in [3.8, 4) is 11.8 Å². The van der Waals surface area contributed by atoms with Crippen molar-refractivity contribution in [2.45, 2.75) is 26.7 Å². The summed E-state index contributed by atoms with van der Waals surface area (Å²) in [6.07, 6.45) is 1.30. The first-order valence-electron chi connectivity index (χ1n) is 4.57. The lowest BCUT2D eigenvalue weighted by Gasteiger charge is -2.01. The molecular formula is C10H17NO2. The molecule has 0 aromatic heterocycles. The second-order valence-electron chi connectivity index (χ2n) is 2.51. The SMILES string of the molecule is CC#CCNCCCC(=O)OCC. The lowest BCUT2D eigenvalue weighted by Crippen LogP contribution is -2.16. The van der Waals surface area contributed by atoms with Gasteiger partial charge in [0.1, 0.15) is 0 Å². The number of esters is 1. The highest BCUT2D eigenvalue weighted by molar-refractivity contribution is 5.69. The van der Waals surface area contributed by atoms with Gasteiger partial charge >= 0.3 is 5.97 Å². The van der Waals surface area contributed by atoms with Gasteiger partial charge < -0.3 is 10.1 Å². The molecule has 0 aliphatic rings. The van der Waals surface area contributed by atoms with Crippen molar-refractivity contribution < 1.29 is 9.53 Å². The Bertz CT molecular complexity index is 191. The molecule has 3 nitrogen and oxygen atoms in total. The third kappa shape index (κ3) is 8.90. The van der Waals surface area contributed by atoms with Crippen molar-refractivity contribution in [2.24, 2.45) is 0 Å². The van der Waals surface area contributed by atoms with Crippen molar-refractivity contribution >= 4 is 5.97 Å². The highest BCUT2D eigenvalue weighted by atomic mass is 16.5. The molecule has 0 fully saturated rings. The van der Waals surface area contributed by atoms with Crippen LogP contribution < -0.4 is 5.32 Å². The number of hydrogen-bond donors (Lipinski definition) is 1. The van der Waals surface area contributed by atoms with Crippen molar-refractivity contribution in [3.63, 3.8) is 0 Å². The van der Waals surface area contributed by atoms with Gasteiger partial charge in [0.05, 0.1) is 13.2 Å². The molecule has 3 heteroatoms. The highest BCUT2D eigenvalue weighted by Crippen LogP contribution is 1.90. The van der Waals surface area contributed by atoms with Crippen LogP contribution in [0.1, 0.15) is 26.7 Å². The summed E-state index contributed by atoms with van der Waals surface area (Å²) >= 11 is 0. The zero-order chi connectivity index (χ0) is 9.94. The standard InChI is InChI=1S/C10H17NO2/c1-3-5-8-11-9-6-7-10(12)13-4-2/h11H,4,6-9H2,1-2H3. The first kappa shape index (κ1) is 12.0. The molecule has 0 aliphatic carbocycles. The quantitative estimate of drug-likeness (QED) is 0.378. The van der Waals surface area contributed by atoms with E-state index in [1.807, 2.05) is 6.92 Å². The van der Waals surface area contributed by atoms with Crippen LogP contribution in [0.4, 0.5) is 0 Å². The molecule has 74 valence electrons. The molecule has 0 aliphatic heterocycles. The van der Waals surface area contributed by atoms with E-state index in [1.54, 1.807) is 6.92 Å². The summed E-state index contributed by atoms with van der Waals surface area (Å²) in [6.45, 7) is 5.59. The zero-order valence-corrected chi connectivity index (χ0v) is 8.35. The fraction of sp³-hybridized carbons (Fsp3) is 0.700. The van der Waals surface area contributed by atoms with Crippen LogP contribution in [0, 0.1) is 11.8 Å². The lowest BCUT2D eigenvalue weighted by molar-refractivity contribution is -0.143. The molecule has 0 radical (unpaired) electrons. The van der Waals surface area contributed by atoms with E-state index in [0.29, 0.717) is 19.6 Å². The van der Waals surface area contributed by atoms with Crippen LogP contribution in [0.15, 0.2) is 0 Å². The second-order valence-corrected chi connectivity index (χ2v) is 2.51. The van der Waals surface area contributed by atoms with Gasteiger partial charge in [-0.05, 0) is 26.8 Å². The maximum Gasteiger partial charge on any atom is 0.305 e. The van der Waals surface area contributed by atoms with Gasteiger partial charge in [-0.25, -0.2) is 0 Å². The molecule has 13 heavy (non-hydrogen) atoms. The number of carbonyl (C=O) groups is 1. The van der Waals surface area contributed by atoms with Crippen molar-refractivity contribution in [1.82, 2.24) is 5.32 Å². The Morgan fingerprint density at radius 2 is 2.31 bits per heavy atom. The van der Waals surface area contributed by atoms with Gasteiger partial charge in [0.2, 0.25) is 0 Å². The minimum absolute atomic E-state index is 0.120. The van der Waals surface area contributed by atoms with Crippen LogP contribution in [-0.2, 0) is 9.53 Å². The summed E-state index contributed by atoms with van der Waals surface area (Å²) in [7, 11) is 0. The van der Waals surface area contributed by atoms with Crippen LogP contribution in [0.5, 0.6) is 0 Å². The molecule has 0 saturated carbocycles. The summed E-state index contributed by atoms with van der Waals surface area (Å²) in [5.74, 6) is 5.55. The molecule has 0 saturated heterocycles. The molecule has 0 bridgehead atoms. The third-order valence-electron chi connectivity index (χ3n) is 1.43. The van der Waals surface area contributed by atoms with Gasteiger partial charge in [0.15, 0.2) is 0 Å². The molecule has 0 atom stereocenters. The molecule has 0 spiro atoms. The van der Waals surface area contributed by atoms with Crippen molar-refractivity contribution in [2.75, 3.05) is 19.7 Å². The van der Waals surface area contributed by atoms with Gasteiger partial charge in [0, 0.05) is 6.42 Å². The van der Waals surface area contributed by atoms with Gasteiger partial charge in [0.25, 0.3) is 0 Å². The average molecular weight is 183 g/mol. The topological polar surface area (TPSA) is 38.3 Å². The summed E-state index contributed by atoms with van der Waals surface area (Å²) < 4.78 is 4.77. The van der Waals surface area contributed by atoms with E-state index in [-0.39, 0.29) is 5.97 Å². The Kier molecular flexibility index (Phi) is 8.38. The Labute approximate surface area is 79.8 Å². The van der Waals surface area contributed by atoms with E-state index in [0.717, 1.165) is 13.0 Å². The first-order valence-corrected chi connectivity index (χ1v) is 4.57. The number of nitrogens with one attached hydrogen (secondary N) is 1. The van der Waals surface area contributed by atoms with E-state index in [4.69, 9.17) is 4.74 Å². The zero-order valence-electron chi connectivity index (χ0n) is 8.35. The monoisotopic (exact) mass is 183 g/mol. The van der Waals surface area contributed by atoms with Crippen molar-refractivity contribution in [1.29, 1.82) is 0 Å². The number of rotatable bonds is 6. The first-order chi connectivity index (χ1) is 6.31. The average Bonchev–Trinajstić information content (AvgIpc) is 2.11. The molecule has 0 unspecified atom stereocenters. The number of carbonyl (C=O) groups excluding carboxylic acids is 1. The fourth-order valence-electron chi connectivity index (χ4n) is 0.830. The molecule has 0 rings (SSSR count). The van der Waals surface area contributed by atoms with E-state index < -0.39 is 0 Å². The minimum atomic E-state index is -0.120. The smallest absolute Gasteiger partial charge is 0.305 e. The molecule has 0 amide bonds. The summed E-state index contributed by atoms with van der Waals surface area (Å²) in [5.41, 5.74) is 0. The van der Waals surface area contributed by atoms with Crippen molar-refractivity contribution in [3.05, 3.63) is 0 Å². The van der Waals surface area contributed by atoms with Crippen LogP contribution in [0.3, 0.4) is 0 Å². The van der Waals surface area contributed by atoms with Crippen LogP contribution in [0.25, 0.3) is 0 Å². The normalized spacial score (nSPS) is 8.77. The van der Waals surface area contributed by atoms with Gasteiger partial charge in [-0.2, -0.15) is 0 Å². The van der Waals surface area contributed by atoms with E-state index >= 15 is 0 Å². The van der Waals surface area contributed by atoms with Crippen LogP contribution >= 0.6 is 0 Å². The maximum absolute atomic E-state index is 10.9. The maximum atomic E-state index is 10.9. The number of hydrogen-bond acceptors (Lipinski definition) is 3. The molecular weight excluding hydrogens is 166 g/mol. The molecule has 0 aromatic rings. The largest absolute Gasteiger partial charge is 0.466 e. The molecule has 1 N–H and O–H groups in total. The van der Waals surface area contributed by atoms with E-state index in [2.05, 4.69) is 17.2 Å². The summed E-state index contributed by atoms with van der Waals surface area (Å²) in [5, 5.41) is 3.10. The highest BCUT2D eigenvalue weighted by Gasteiger charge is 1.99. The lowest BCUT2D eigenvalue weighted by atomic mass is 10.3. The molecule has 0 heterocycles. The molecule has 0 aromatic carbocycles. The van der Waals surface area contributed by atoms with E-state index in [1.165, 1.54) is 0 Å². The fourth-order valence-corrected chi connectivity index (χ4v) is 0.830. The minimum Gasteiger partial charge on any atom is -0.466 e. The Morgan fingerprint density at radius 1 is 1.54 bits per heavy atom. The number of ether oxygens (including phenoxy) is 1. The van der Waals surface area contributed by atoms with Crippen LogP contribution in [0.2, 0.25) is 0 Å².